The van der Waals surface area contributed by atoms with Crippen molar-refractivity contribution in [2.45, 2.75) is 31.5 Å². The molecule has 0 saturated carbocycles. The van der Waals surface area contributed by atoms with E-state index in [0.717, 1.165) is 25.0 Å². The summed E-state index contributed by atoms with van der Waals surface area (Å²) < 4.78 is 5.72. The maximum atomic E-state index is 11.8. The SMILES string of the molecule is CN(C)C(=O)C1CCC(CN=C(N)NCCc2ccccn2)O1. The number of nitrogens with one attached hydrogen (secondary N) is 1. The second-order valence-corrected chi connectivity index (χ2v) is 5.78. The maximum Gasteiger partial charge on any atom is 0.251 e. The number of rotatable bonds is 6. The summed E-state index contributed by atoms with van der Waals surface area (Å²) in [4.78, 5) is 21.9. The standard InChI is InChI=1S/C16H25N5O2/c1-21(2)15(22)14-7-6-13(23-14)11-20-16(17)19-10-8-12-5-3-4-9-18-12/h3-5,9,13-14H,6-8,10-11H2,1-2H3,(H3,17,19,20). The van der Waals surface area contributed by atoms with E-state index in [9.17, 15) is 4.79 Å². The van der Waals surface area contributed by atoms with Crippen LogP contribution < -0.4 is 11.1 Å². The van der Waals surface area contributed by atoms with Crippen LogP contribution in [0.4, 0.5) is 0 Å². The highest BCUT2D eigenvalue weighted by molar-refractivity contribution is 5.80. The number of aliphatic imine (C=N–C) groups is 1. The van der Waals surface area contributed by atoms with Crippen molar-refractivity contribution in [1.82, 2.24) is 15.2 Å². The molecule has 1 amide bonds. The van der Waals surface area contributed by atoms with Crippen molar-refractivity contribution >= 4 is 11.9 Å². The number of ether oxygens (including phenoxy) is 1. The zero-order valence-corrected chi connectivity index (χ0v) is 13.7. The fourth-order valence-corrected chi connectivity index (χ4v) is 2.43. The minimum Gasteiger partial charge on any atom is -0.370 e. The third kappa shape index (κ3) is 5.52. The molecule has 23 heavy (non-hydrogen) atoms. The fourth-order valence-electron chi connectivity index (χ4n) is 2.43. The topological polar surface area (TPSA) is 92.8 Å². The molecule has 7 nitrogen and oxygen atoms in total. The Morgan fingerprint density at radius 2 is 2.30 bits per heavy atom. The van der Waals surface area contributed by atoms with Crippen LogP contribution in [0.25, 0.3) is 0 Å². The van der Waals surface area contributed by atoms with Crippen LogP contribution in [-0.4, -0.2) is 61.1 Å². The maximum absolute atomic E-state index is 11.8. The second kappa shape index (κ2) is 8.47. The number of carbonyl (C=O) groups is 1. The van der Waals surface area contributed by atoms with E-state index in [-0.39, 0.29) is 18.1 Å². The molecule has 1 fully saturated rings. The Bertz CT molecular complexity index is 533. The number of hydrogen-bond acceptors (Lipinski definition) is 4. The molecule has 2 unspecified atom stereocenters. The fraction of sp³-hybridized carbons (Fsp3) is 0.562. The quantitative estimate of drug-likeness (QED) is 0.576. The third-order valence-corrected chi connectivity index (χ3v) is 3.70. The molecule has 1 saturated heterocycles. The Balaban J connectivity index is 1.68. The predicted molar refractivity (Wildman–Crippen MR) is 89.0 cm³/mol. The zero-order chi connectivity index (χ0) is 16.7. The van der Waals surface area contributed by atoms with Crippen molar-refractivity contribution in [3.63, 3.8) is 0 Å². The molecule has 7 heteroatoms. The van der Waals surface area contributed by atoms with Crippen LogP contribution in [0.2, 0.25) is 0 Å². The lowest BCUT2D eigenvalue weighted by atomic mass is 10.2. The monoisotopic (exact) mass is 319 g/mol. The van der Waals surface area contributed by atoms with Gasteiger partial charge >= 0.3 is 0 Å². The molecule has 0 aliphatic carbocycles. The van der Waals surface area contributed by atoms with Crippen LogP contribution in [-0.2, 0) is 16.0 Å². The number of guanidine groups is 1. The van der Waals surface area contributed by atoms with Crippen molar-refractivity contribution in [3.8, 4) is 0 Å². The van der Waals surface area contributed by atoms with Crippen LogP contribution in [0.1, 0.15) is 18.5 Å². The van der Waals surface area contributed by atoms with E-state index in [1.807, 2.05) is 18.2 Å². The number of carbonyl (C=O) groups excluding carboxylic acids is 1. The van der Waals surface area contributed by atoms with E-state index < -0.39 is 0 Å². The summed E-state index contributed by atoms with van der Waals surface area (Å²) in [6, 6.07) is 5.83. The van der Waals surface area contributed by atoms with Crippen molar-refractivity contribution in [2.24, 2.45) is 10.7 Å². The van der Waals surface area contributed by atoms with Gasteiger partial charge in [-0.2, -0.15) is 0 Å². The molecule has 0 spiro atoms. The van der Waals surface area contributed by atoms with Gasteiger partial charge in [-0.25, -0.2) is 0 Å². The van der Waals surface area contributed by atoms with Crippen molar-refractivity contribution < 1.29 is 9.53 Å². The van der Waals surface area contributed by atoms with E-state index in [2.05, 4.69) is 15.3 Å². The molecule has 0 bridgehead atoms. The first kappa shape index (κ1) is 17.2. The molecular weight excluding hydrogens is 294 g/mol. The van der Waals surface area contributed by atoms with Gasteiger partial charge in [0, 0.05) is 39.0 Å². The van der Waals surface area contributed by atoms with Crippen LogP contribution in [0.5, 0.6) is 0 Å². The smallest absolute Gasteiger partial charge is 0.251 e. The number of aromatic nitrogens is 1. The summed E-state index contributed by atoms with van der Waals surface area (Å²) in [6.07, 6.45) is 3.74. The molecule has 0 aromatic carbocycles. The number of nitrogens with zero attached hydrogens (tertiary/aromatic N) is 3. The summed E-state index contributed by atoms with van der Waals surface area (Å²) in [6.45, 7) is 1.15. The number of likely N-dealkylation sites (N-methyl/N-ethyl adjacent to an activating group) is 1. The highest BCUT2D eigenvalue weighted by atomic mass is 16.5. The molecule has 2 heterocycles. The lowest BCUT2D eigenvalue weighted by Crippen LogP contribution is -2.35. The van der Waals surface area contributed by atoms with Gasteiger partial charge in [-0.05, 0) is 25.0 Å². The molecule has 1 aliphatic heterocycles. The summed E-state index contributed by atoms with van der Waals surface area (Å²) >= 11 is 0. The van der Waals surface area contributed by atoms with Crippen LogP contribution in [0, 0.1) is 0 Å². The molecule has 0 radical (unpaired) electrons. The molecule has 3 N–H and O–H groups in total. The lowest BCUT2D eigenvalue weighted by Gasteiger charge is -2.16. The number of amides is 1. The first-order valence-corrected chi connectivity index (χ1v) is 7.86. The predicted octanol–water partition coefficient (Wildman–Crippen LogP) is 0.164. The largest absolute Gasteiger partial charge is 0.370 e. The number of pyridine rings is 1. The van der Waals surface area contributed by atoms with Crippen LogP contribution >= 0.6 is 0 Å². The van der Waals surface area contributed by atoms with Crippen molar-refractivity contribution in [1.29, 1.82) is 0 Å². The highest BCUT2D eigenvalue weighted by Crippen LogP contribution is 2.21. The molecule has 2 atom stereocenters. The Kier molecular flexibility index (Phi) is 6.34. The first-order valence-electron chi connectivity index (χ1n) is 7.86. The minimum atomic E-state index is -0.344. The van der Waals surface area contributed by atoms with Gasteiger partial charge in [0.2, 0.25) is 0 Å². The van der Waals surface area contributed by atoms with E-state index in [4.69, 9.17) is 10.5 Å². The van der Waals surface area contributed by atoms with E-state index >= 15 is 0 Å². The van der Waals surface area contributed by atoms with Gasteiger partial charge in [-0.3, -0.25) is 14.8 Å². The summed E-state index contributed by atoms with van der Waals surface area (Å²) in [5, 5.41) is 3.06. The van der Waals surface area contributed by atoms with Crippen molar-refractivity contribution in [3.05, 3.63) is 30.1 Å². The molecule has 1 aromatic rings. The molecule has 1 aromatic heterocycles. The second-order valence-electron chi connectivity index (χ2n) is 5.78. The summed E-state index contributed by atoms with van der Waals surface area (Å²) in [7, 11) is 3.47. The van der Waals surface area contributed by atoms with Gasteiger partial charge in [-0.1, -0.05) is 6.07 Å². The highest BCUT2D eigenvalue weighted by Gasteiger charge is 2.31. The van der Waals surface area contributed by atoms with Crippen molar-refractivity contribution in [2.75, 3.05) is 27.2 Å². The Morgan fingerprint density at radius 1 is 1.48 bits per heavy atom. The van der Waals surface area contributed by atoms with Gasteiger partial charge in [0.15, 0.2) is 5.96 Å². The minimum absolute atomic E-state index is 0.0120. The first-order chi connectivity index (χ1) is 11.1. The summed E-state index contributed by atoms with van der Waals surface area (Å²) in [5.74, 6) is 0.407. The Morgan fingerprint density at radius 3 is 3.00 bits per heavy atom. The van der Waals surface area contributed by atoms with E-state index in [0.29, 0.717) is 19.0 Å². The van der Waals surface area contributed by atoms with E-state index in [1.165, 1.54) is 0 Å². The summed E-state index contributed by atoms with van der Waals surface area (Å²) in [5.41, 5.74) is 6.86. The third-order valence-electron chi connectivity index (χ3n) is 3.70. The van der Waals surface area contributed by atoms with Gasteiger partial charge in [0.1, 0.15) is 6.10 Å². The zero-order valence-electron chi connectivity index (χ0n) is 13.7. The van der Waals surface area contributed by atoms with Gasteiger partial charge in [0.05, 0.1) is 12.6 Å². The van der Waals surface area contributed by atoms with Gasteiger partial charge < -0.3 is 20.7 Å². The number of nitrogens with two attached hydrogens (primary N) is 1. The molecule has 1 aliphatic rings. The molecule has 126 valence electrons. The average Bonchev–Trinajstić information content (AvgIpc) is 3.02. The molecule has 2 rings (SSSR count). The normalized spacial score (nSPS) is 21.2. The van der Waals surface area contributed by atoms with Gasteiger partial charge in [0.25, 0.3) is 5.91 Å². The lowest BCUT2D eigenvalue weighted by molar-refractivity contribution is -0.140. The molecular formula is C16H25N5O2. The van der Waals surface area contributed by atoms with Gasteiger partial charge in [-0.15, -0.1) is 0 Å². The van der Waals surface area contributed by atoms with Crippen LogP contribution in [0.3, 0.4) is 0 Å². The Hall–Kier alpha value is -2.15. The van der Waals surface area contributed by atoms with Crippen LogP contribution in [0.15, 0.2) is 29.4 Å². The average molecular weight is 319 g/mol. The van der Waals surface area contributed by atoms with E-state index in [1.54, 1.807) is 25.2 Å². The Labute approximate surface area is 136 Å². The number of hydrogen-bond donors (Lipinski definition) is 2.